The summed E-state index contributed by atoms with van der Waals surface area (Å²) in [7, 11) is 0. The predicted octanol–water partition coefficient (Wildman–Crippen LogP) is 3.75. The number of nitrogens with one attached hydrogen (secondary N) is 1. The second kappa shape index (κ2) is 9.10. The zero-order valence-corrected chi connectivity index (χ0v) is 20.3. The SMILES string of the molecule is Cc1nc(C2NN=C(c3ccc(C(C)(C)C)cc3)O2)nn1Cc1cccc(N2CCOCC2)c1. The van der Waals surface area contributed by atoms with Crippen LogP contribution in [-0.2, 0) is 21.4 Å². The van der Waals surface area contributed by atoms with Crippen molar-refractivity contribution < 1.29 is 9.47 Å². The van der Waals surface area contributed by atoms with Gasteiger partial charge in [0, 0.05) is 24.3 Å². The Morgan fingerprint density at radius 1 is 1.06 bits per heavy atom. The van der Waals surface area contributed by atoms with Crippen LogP contribution < -0.4 is 10.3 Å². The Hall–Kier alpha value is -3.39. The molecule has 3 heterocycles. The molecule has 0 bridgehead atoms. The number of hydrazone groups is 1. The lowest BCUT2D eigenvalue weighted by Gasteiger charge is -2.29. The van der Waals surface area contributed by atoms with Crippen LogP contribution in [0.3, 0.4) is 0 Å². The summed E-state index contributed by atoms with van der Waals surface area (Å²) in [5.74, 6) is 1.96. The molecule has 5 rings (SSSR count). The number of morpholine rings is 1. The van der Waals surface area contributed by atoms with E-state index < -0.39 is 6.23 Å². The number of anilines is 1. The number of nitrogens with zero attached hydrogens (tertiary/aromatic N) is 5. The summed E-state index contributed by atoms with van der Waals surface area (Å²) in [4.78, 5) is 7.00. The van der Waals surface area contributed by atoms with Gasteiger partial charge in [-0.05, 0) is 47.7 Å². The van der Waals surface area contributed by atoms with Crippen LogP contribution in [0, 0.1) is 6.92 Å². The molecule has 8 nitrogen and oxygen atoms in total. The Morgan fingerprint density at radius 2 is 1.82 bits per heavy atom. The van der Waals surface area contributed by atoms with Gasteiger partial charge >= 0.3 is 0 Å². The fraction of sp³-hybridized carbons (Fsp3) is 0.423. The maximum atomic E-state index is 6.06. The maximum Gasteiger partial charge on any atom is 0.249 e. The number of benzene rings is 2. The molecule has 1 atom stereocenters. The molecular formula is C26H32N6O2. The van der Waals surface area contributed by atoms with E-state index in [0.717, 1.165) is 37.7 Å². The number of aryl methyl sites for hydroxylation is 1. The lowest BCUT2D eigenvalue weighted by Crippen LogP contribution is -2.36. The summed E-state index contributed by atoms with van der Waals surface area (Å²) in [6.07, 6.45) is -0.503. The molecule has 2 aromatic carbocycles. The van der Waals surface area contributed by atoms with Crippen LogP contribution in [-0.4, -0.2) is 47.0 Å². The van der Waals surface area contributed by atoms with Crippen molar-refractivity contribution in [3.05, 3.63) is 76.9 Å². The third kappa shape index (κ3) is 4.77. The van der Waals surface area contributed by atoms with Gasteiger partial charge in [0.2, 0.25) is 18.0 Å². The molecule has 8 heteroatoms. The average molecular weight is 461 g/mol. The van der Waals surface area contributed by atoms with Gasteiger partial charge in [0.25, 0.3) is 0 Å². The number of rotatable bonds is 5. The Bertz CT molecular complexity index is 1170. The Kier molecular flexibility index (Phi) is 6.00. The molecular weight excluding hydrogens is 428 g/mol. The van der Waals surface area contributed by atoms with Crippen LogP contribution in [0.15, 0.2) is 53.6 Å². The predicted molar refractivity (Wildman–Crippen MR) is 132 cm³/mol. The normalized spacial score (nSPS) is 18.4. The zero-order chi connectivity index (χ0) is 23.7. The summed E-state index contributed by atoms with van der Waals surface area (Å²) in [5, 5.41) is 9.10. The topological polar surface area (TPSA) is 76.8 Å². The molecule has 2 aliphatic heterocycles. The first-order valence-electron chi connectivity index (χ1n) is 11.8. The number of hydrogen-bond donors (Lipinski definition) is 1. The second-order valence-corrected chi connectivity index (χ2v) is 9.82. The standard InChI is InChI=1S/C26H32N6O2/c1-18-27-23(25-29-28-24(34-25)20-8-10-21(11-9-20)26(2,3)4)30-32(18)17-19-6-5-7-22(16-19)31-12-14-33-15-13-31/h5-11,16,25,29H,12-15,17H2,1-4H3. The van der Waals surface area contributed by atoms with Gasteiger partial charge in [-0.1, -0.05) is 45.0 Å². The molecule has 1 aromatic heterocycles. The smallest absolute Gasteiger partial charge is 0.249 e. The van der Waals surface area contributed by atoms with Gasteiger partial charge < -0.3 is 14.4 Å². The molecule has 1 unspecified atom stereocenters. The van der Waals surface area contributed by atoms with Crippen molar-refractivity contribution in [3.63, 3.8) is 0 Å². The molecule has 178 valence electrons. The van der Waals surface area contributed by atoms with Crippen molar-refractivity contribution >= 4 is 11.6 Å². The minimum Gasteiger partial charge on any atom is -0.443 e. The molecule has 0 amide bonds. The van der Waals surface area contributed by atoms with Gasteiger partial charge in [-0.15, -0.1) is 10.2 Å². The van der Waals surface area contributed by atoms with Crippen LogP contribution >= 0.6 is 0 Å². The maximum absolute atomic E-state index is 6.06. The van der Waals surface area contributed by atoms with Crippen molar-refractivity contribution in [1.29, 1.82) is 0 Å². The molecule has 2 aliphatic rings. The number of ether oxygens (including phenoxy) is 2. The molecule has 3 aromatic rings. The van der Waals surface area contributed by atoms with E-state index in [1.807, 2.05) is 23.7 Å². The highest BCUT2D eigenvalue weighted by Crippen LogP contribution is 2.25. The molecule has 1 saturated heterocycles. The molecule has 0 saturated carbocycles. The van der Waals surface area contributed by atoms with Crippen molar-refractivity contribution in [2.24, 2.45) is 5.10 Å². The Morgan fingerprint density at radius 3 is 2.56 bits per heavy atom. The van der Waals surface area contributed by atoms with Gasteiger partial charge in [0.1, 0.15) is 5.82 Å². The van der Waals surface area contributed by atoms with Gasteiger partial charge in [0.15, 0.2) is 0 Å². The monoisotopic (exact) mass is 460 g/mol. The Labute approximate surface area is 200 Å². The van der Waals surface area contributed by atoms with Crippen molar-refractivity contribution in [1.82, 2.24) is 20.2 Å². The summed E-state index contributed by atoms with van der Waals surface area (Å²) < 4.78 is 13.4. The number of hydrogen-bond acceptors (Lipinski definition) is 7. The van der Waals surface area contributed by atoms with E-state index in [0.29, 0.717) is 18.3 Å². The first-order valence-corrected chi connectivity index (χ1v) is 11.8. The third-order valence-corrected chi connectivity index (χ3v) is 6.24. The highest BCUT2D eigenvalue weighted by atomic mass is 16.5. The highest BCUT2D eigenvalue weighted by molar-refractivity contribution is 5.94. The summed E-state index contributed by atoms with van der Waals surface area (Å²) in [6, 6.07) is 16.9. The third-order valence-electron chi connectivity index (χ3n) is 6.24. The zero-order valence-electron chi connectivity index (χ0n) is 20.3. The largest absolute Gasteiger partial charge is 0.443 e. The van der Waals surface area contributed by atoms with E-state index in [4.69, 9.17) is 14.6 Å². The van der Waals surface area contributed by atoms with Gasteiger partial charge in [-0.2, -0.15) is 0 Å². The van der Waals surface area contributed by atoms with E-state index in [2.05, 4.69) is 77.6 Å². The minimum absolute atomic E-state index is 0.105. The first kappa shape index (κ1) is 22.4. The van der Waals surface area contributed by atoms with E-state index in [1.165, 1.54) is 16.8 Å². The van der Waals surface area contributed by atoms with E-state index in [-0.39, 0.29) is 5.41 Å². The second-order valence-electron chi connectivity index (χ2n) is 9.82. The van der Waals surface area contributed by atoms with E-state index in [9.17, 15) is 0 Å². The van der Waals surface area contributed by atoms with Gasteiger partial charge in [-0.3, -0.25) is 5.43 Å². The van der Waals surface area contributed by atoms with Crippen LogP contribution in [0.4, 0.5) is 5.69 Å². The minimum atomic E-state index is -0.503. The lowest BCUT2D eigenvalue weighted by molar-refractivity contribution is 0.122. The van der Waals surface area contributed by atoms with Crippen molar-refractivity contribution in [3.8, 4) is 0 Å². The quantitative estimate of drug-likeness (QED) is 0.625. The first-order chi connectivity index (χ1) is 16.4. The fourth-order valence-corrected chi connectivity index (χ4v) is 4.19. The van der Waals surface area contributed by atoms with E-state index >= 15 is 0 Å². The summed E-state index contributed by atoms with van der Waals surface area (Å²) in [6.45, 7) is 12.6. The molecule has 0 aliphatic carbocycles. The molecule has 0 radical (unpaired) electrons. The van der Waals surface area contributed by atoms with Crippen LogP contribution in [0.2, 0.25) is 0 Å². The average Bonchev–Trinajstić information content (AvgIpc) is 3.47. The van der Waals surface area contributed by atoms with Crippen molar-refractivity contribution in [2.75, 3.05) is 31.2 Å². The molecule has 34 heavy (non-hydrogen) atoms. The van der Waals surface area contributed by atoms with Crippen LogP contribution in [0.1, 0.15) is 55.3 Å². The highest BCUT2D eigenvalue weighted by Gasteiger charge is 2.27. The molecule has 0 spiro atoms. The van der Waals surface area contributed by atoms with Gasteiger partial charge in [0.05, 0.1) is 19.8 Å². The summed E-state index contributed by atoms with van der Waals surface area (Å²) in [5.41, 5.74) is 7.74. The van der Waals surface area contributed by atoms with Crippen LogP contribution in [0.25, 0.3) is 0 Å². The fourth-order valence-electron chi connectivity index (χ4n) is 4.19. The van der Waals surface area contributed by atoms with Crippen LogP contribution in [0.5, 0.6) is 0 Å². The molecule has 1 fully saturated rings. The lowest BCUT2D eigenvalue weighted by atomic mass is 9.87. The molecule has 1 N–H and O–H groups in total. The Balaban J connectivity index is 1.26. The number of aromatic nitrogens is 3. The van der Waals surface area contributed by atoms with E-state index in [1.54, 1.807) is 0 Å². The van der Waals surface area contributed by atoms with Gasteiger partial charge in [-0.25, -0.2) is 9.67 Å². The summed E-state index contributed by atoms with van der Waals surface area (Å²) >= 11 is 0. The van der Waals surface area contributed by atoms with Crippen molar-refractivity contribution in [2.45, 2.75) is 45.9 Å².